The number of aliphatic imine (C=N–C) groups is 1. The van der Waals surface area contributed by atoms with Crippen molar-refractivity contribution in [1.82, 2.24) is 0 Å². The number of amidine groups is 1. The van der Waals surface area contributed by atoms with E-state index in [1.165, 1.54) is 19.0 Å². The number of hydrogen-bond donors (Lipinski definition) is 2. The zero-order valence-corrected chi connectivity index (χ0v) is 14.5. The summed E-state index contributed by atoms with van der Waals surface area (Å²) in [6, 6.07) is 5.83. The predicted molar refractivity (Wildman–Crippen MR) is 95.4 cm³/mol. The minimum atomic E-state index is 0.274. The van der Waals surface area contributed by atoms with Crippen LogP contribution >= 0.6 is 0 Å². The standard InChI is InChI=1S/C18H27N3O3/c1-22-12-14(10-19)18(20)21-11-13-7-8-16(23-2)17(9-13)24-15-5-3-4-6-15/h7-10,15H,3-6,11-12,19H2,1-2H3,(H2,20,21)/b14-10-. The Bertz CT molecular complexity index is 593. The Hall–Kier alpha value is -2.21. The molecular weight excluding hydrogens is 306 g/mol. The van der Waals surface area contributed by atoms with Gasteiger partial charge in [-0.15, -0.1) is 0 Å². The van der Waals surface area contributed by atoms with E-state index in [2.05, 4.69) is 4.99 Å². The molecule has 0 heterocycles. The molecule has 0 aromatic heterocycles. The van der Waals surface area contributed by atoms with Gasteiger partial charge in [-0.05, 0) is 43.4 Å². The zero-order chi connectivity index (χ0) is 17.4. The molecule has 1 aliphatic carbocycles. The third kappa shape index (κ3) is 4.89. The molecule has 132 valence electrons. The van der Waals surface area contributed by atoms with Crippen molar-refractivity contribution in [2.45, 2.75) is 38.3 Å². The lowest BCUT2D eigenvalue weighted by molar-refractivity contribution is 0.200. The largest absolute Gasteiger partial charge is 0.493 e. The topological polar surface area (TPSA) is 92.1 Å². The average molecular weight is 333 g/mol. The minimum Gasteiger partial charge on any atom is -0.493 e. The van der Waals surface area contributed by atoms with Crippen molar-refractivity contribution in [3.8, 4) is 11.5 Å². The highest BCUT2D eigenvalue weighted by molar-refractivity contribution is 5.97. The summed E-state index contributed by atoms with van der Waals surface area (Å²) in [7, 11) is 3.24. The Kier molecular flexibility index (Phi) is 6.93. The molecule has 4 N–H and O–H groups in total. The molecule has 0 bridgehead atoms. The van der Waals surface area contributed by atoms with Gasteiger partial charge in [-0.1, -0.05) is 6.07 Å². The van der Waals surface area contributed by atoms with E-state index in [1.807, 2.05) is 18.2 Å². The molecule has 0 aliphatic heterocycles. The fraction of sp³-hybridized carbons (Fsp3) is 0.500. The van der Waals surface area contributed by atoms with Crippen LogP contribution in [-0.2, 0) is 11.3 Å². The maximum Gasteiger partial charge on any atom is 0.161 e. The summed E-state index contributed by atoms with van der Waals surface area (Å²) in [5.74, 6) is 1.89. The van der Waals surface area contributed by atoms with E-state index >= 15 is 0 Å². The van der Waals surface area contributed by atoms with E-state index in [-0.39, 0.29) is 6.10 Å². The van der Waals surface area contributed by atoms with Gasteiger partial charge in [0.25, 0.3) is 0 Å². The van der Waals surface area contributed by atoms with Crippen LogP contribution in [-0.4, -0.2) is 32.8 Å². The fourth-order valence-corrected chi connectivity index (χ4v) is 2.74. The SMILES string of the molecule is COC/C(=C/N)C(N)=NCc1ccc(OC)c(OC2CCCC2)c1. The number of ether oxygens (including phenoxy) is 3. The lowest BCUT2D eigenvalue weighted by atomic mass is 10.2. The number of rotatable bonds is 8. The third-order valence-corrected chi connectivity index (χ3v) is 4.09. The smallest absolute Gasteiger partial charge is 0.161 e. The highest BCUT2D eigenvalue weighted by Crippen LogP contribution is 2.32. The number of methoxy groups -OCH3 is 2. The van der Waals surface area contributed by atoms with E-state index in [9.17, 15) is 0 Å². The summed E-state index contributed by atoms with van der Waals surface area (Å²) >= 11 is 0. The van der Waals surface area contributed by atoms with Crippen LogP contribution in [0, 0.1) is 0 Å². The van der Waals surface area contributed by atoms with Gasteiger partial charge in [0.2, 0.25) is 0 Å². The summed E-state index contributed by atoms with van der Waals surface area (Å²) in [4.78, 5) is 4.38. The molecule has 0 unspecified atom stereocenters. The Labute approximate surface area is 143 Å². The molecule has 1 aromatic rings. The quantitative estimate of drug-likeness (QED) is 0.563. The van der Waals surface area contributed by atoms with Crippen LogP contribution in [0.5, 0.6) is 11.5 Å². The predicted octanol–water partition coefficient (Wildman–Crippen LogP) is 2.36. The van der Waals surface area contributed by atoms with Crippen LogP contribution < -0.4 is 20.9 Å². The summed E-state index contributed by atoms with van der Waals surface area (Å²) in [5.41, 5.74) is 13.2. The summed E-state index contributed by atoms with van der Waals surface area (Å²) < 4.78 is 16.5. The Morgan fingerprint density at radius 2 is 2.00 bits per heavy atom. The van der Waals surface area contributed by atoms with Crippen LogP contribution in [0.2, 0.25) is 0 Å². The van der Waals surface area contributed by atoms with Crippen molar-refractivity contribution in [1.29, 1.82) is 0 Å². The molecule has 0 spiro atoms. The van der Waals surface area contributed by atoms with Gasteiger partial charge in [0.05, 0.1) is 26.4 Å². The van der Waals surface area contributed by atoms with Crippen molar-refractivity contribution >= 4 is 5.84 Å². The van der Waals surface area contributed by atoms with Gasteiger partial charge in [-0.3, -0.25) is 4.99 Å². The second-order valence-electron chi connectivity index (χ2n) is 5.84. The molecule has 1 aliphatic rings. The monoisotopic (exact) mass is 333 g/mol. The van der Waals surface area contributed by atoms with Gasteiger partial charge >= 0.3 is 0 Å². The molecule has 1 fully saturated rings. The highest BCUT2D eigenvalue weighted by atomic mass is 16.5. The van der Waals surface area contributed by atoms with Crippen LogP contribution in [0.15, 0.2) is 35.0 Å². The lowest BCUT2D eigenvalue weighted by Gasteiger charge is -2.16. The minimum absolute atomic E-state index is 0.274. The van der Waals surface area contributed by atoms with Gasteiger partial charge in [0, 0.05) is 18.9 Å². The molecule has 6 nitrogen and oxygen atoms in total. The maximum atomic E-state index is 6.10. The van der Waals surface area contributed by atoms with E-state index in [0.29, 0.717) is 24.6 Å². The van der Waals surface area contributed by atoms with Crippen LogP contribution in [0.1, 0.15) is 31.2 Å². The molecule has 0 radical (unpaired) electrons. The van der Waals surface area contributed by atoms with Crippen LogP contribution in [0.4, 0.5) is 0 Å². The lowest BCUT2D eigenvalue weighted by Crippen LogP contribution is -2.19. The Morgan fingerprint density at radius 3 is 2.62 bits per heavy atom. The van der Waals surface area contributed by atoms with Gasteiger partial charge in [0.15, 0.2) is 11.5 Å². The van der Waals surface area contributed by atoms with Crippen molar-refractivity contribution in [3.05, 3.63) is 35.5 Å². The van der Waals surface area contributed by atoms with Gasteiger partial charge in [-0.2, -0.15) is 0 Å². The van der Waals surface area contributed by atoms with Gasteiger partial charge < -0.3 is 25.7 Å². The van der Waals surface area contributed by atoms with E-state index in [0.717, 1.165) is 29.9 Å². The molecule has 1 saturated carbocycles. The van der Waals surface area contributed by atoms with Crippen molar-refractivity contribution in [2.75, 3.05) is 20.8 Å². The third-order valence-electron chi connectivity index (χ3n) is 4.09. The molecule has 24 heavy (non-hydrogen) atoms. The molecule has 6 heteroatoms. The fourth-order valence-electron chi connectivity index (χ4n) is 2.74. The van der Waals surface area contributed by atoms with Gasteiger partial charge in [-0.25, -0.2) is 0 Å². The van der Waals surface area contributed by atoms with Crippen molar-refractivity contribution < 1.29 is 14.2 Å². The van der Waals surface area contributed by atoms with E-state index in [1.54, 1.807) is 14.2 Å². The number of benzene rings is 1. The van der Waals surface area contributed by atoms with Gasteiger partial charge in [0.1, 0.15) is 5.84 Å². The Balaban J connectivity index is 2.09. The second kappa shape index (κ2) is 9.17. The summed E-state index contributed by atoms with van der Waals surface area (Å²) in [6.45, 7) is 0.780. The van der Waals surface area contributed by atoms with Crippen molar-refractivity contribution in [2.24, 2.45) is 16.5 Å². The first kappa shape index (κ1) is 18.1. The molecule has 2 rings (SSSR count). The Morgan fingerprint density at radius 1 is 1.25 bits per heavy atom. The first-order valence-corrected chi connectivity index (χ1v) is 8.21. The number of hydrogen-bond acceptors (Lipinski definition) is 5. The van der Waals surface area contributed by atoms with Crippen LogP contribution in [0.3, 0.4) is 0 Å². The molecule has 1 aromatic carbocycles. The van der Waals surface area contributed by atoms with Crippen LogP contribution in [0.25, 0.3) is 0 Å². The average Bonchev–Trinajstić information content (AvgIpc) is 3.10. The van der Waals surface area contributed by atoms with E-state index in [4.69, 9.17) is 25.7 Å². The summed E-state index contributed by atoms with van der Waals surface area (Å²) in [6.07, 6.45) is 6.34. The molecule has 0 amide bonds. The second-order valence-corrected chi connectivity index (χ2v) is 5.84. The molecule has 0 atom stereocenters. The van der Waals surface area contributed by atoms with Crippen molar-refractivity contribution in [3.63, 3.8) is 0 Å². The zero-order valence-electron chi connectivity index (χ0n) is 14.5. The first-order chi connectivity index (χ1) is 11.7. The highest BCUT2D eigenvalue weighted by Gasteiger charge is 2.18. The first-order valence-electron chi connectivity index (χ1n) is 8.21. The molecule has 0 saturated heterocycles. The normalized spacial score (nSPS) is 16.4. The summed E-state index contributed by atoms with van der Waals surface area (Å²) in [5, 5.41) is 0. The van der Waals surface area contributed by atoms with E-state index < -0.39 is 0 Å². The number of nitrogens with zero attached hydrogens (tertiary/aromatic N) is 1. The maximum absolute atomic E-state index is 6.10. The molecular formula is C18H27N3O3. The number of nitrogens with two attached hydrogens (primary N) is 2.